The Bertz CT molecular complexity index is 873. The standard InChI is InChI=1S/C16H17ClF3N5O2S/c1-24(13-9-25(23-14(13)17)11-4-2-6-22-8-11)15(26)12(21)10-28(27)7-3-5-16(18,19)20/h2,4,6,8-9,21H,3,5,7,10H2,1H3. The van der Waals surface area contributed by atoms with Gasteiger partial charge in [-0.15, -0.1) is 0 Å². The van der Waals surface area contributed by atoms with Gasteiger partial charge in [0.1, 0.15) is 11.4 Å². The van der Waals surface area contributed by atoms with Gasteiger partial charge in [-0.05, 0) is 18.6 Å². The summed E-state index contributed by atoms with van der Waals surface area (Å²) in [5.74, 6) is -1.44. The van der Waals surface area contributed by atoms with Gasteiger partial charge in [-0.2, -0.15) is 18.3 Å². The molecule has 28 heavy (non-hydrogen) atoms. The molecular weight excluding hydrogens is 419 g/mol. The first-order valence-electron chi connectivity index (χ1n) is 8.01. The molecule has 1 atom stereocenters. The normalized spacial score (nSPS) is 12.6. The number of nitrogens with zero attached hydrogens (tertiary/aromatic N) is 4. The van der Waals surface area contributed by atoms with Gasteiger partial charge in [0.15, 0.2) is 5.15 Å². The maximum absolute atomic E-state index is 12.4. The molecule has 1 amide bonds. The van der Waals surface area contributed by atoms with Crippen LogP contribution >= 0.6 is 11.6 Å². The lowest BCUT2D eigenvalue weighted by atomic mass is 10.3. The van der Waals surface area contributed by atoms with Crippen LogP contribution in [-0.4, -0.2) is 55.3 Å². The molecule has 1 unspecified atom stereocenters. The number of hydrogen-bond donors (Lipinski definition) is 1. The summed E-state index contributed by atoms with van der Waals surface area (Å²) in [5, 5.41) is 11.9. The van der Waals surface area contributed by atoms with Gasteiger partial charge in [0.05, 0.1) is 23.8 Å². The second-order valence-corrected chi connectivity index (χ2v) is 7.75. The highest BCUT2D eigenvalue weighted by atomic mass is 35.5. The quantitative estimate of drug-likeness (QED) is 0.645. The molecule has 0 spiro atoms. The average molecular weight is 436 g/mol. The molecule has 2 rings (SSSR count). The van der Waals surface area contributed by atoms with Crippen molar-refractivity contribution in [3.8, 4) is 5.69 Å². The van der Waals surface area contributed by atoms with Gasteiger partial charge < -0.3 is 4.90 Å². The monoisotopic (exact) mass is 435 g/mol. The zero-order chi connectivity index (χ0) is 20.9. The van der Waals surface area contributed by atoms with Gasteiger partial charge in [0.2, 0.25) is 0 Å². The van der Waals surface area contributed by atoms with Crippen LogP contribution < -0.4 is 4.90 Å². The number of halogens is 4. The molecule has 0 bridgehead atoms. The van der Waals surface area contributed by atoms with Crippen molar-refractivity contribution in [3.63, 3.8) is 0 Å². The minimum Gasteiger partial charge on any atom is -0.306 e. The van der Waals surface area contributed by atoms with Gasteiger partial charge >= 0.3 is 6.18 Å². The highest BCUT2D eigenvalue weighted by molar-refractivity contribution is 7.85. The summed E-state index contributed by atoms with van der Waals surface area (Å²) in [6, 6.07) is 3.43. The Morgan fingerprint density at radius 2 is 2.14 bits per heavy atom. The second-order valence-electron chi connectivity index (χ2n) is 5.81. The molecule has 7 nitrogen and oxygen atoms in total. The third kappa shape index (κ3) is 6.13. The summed E-state index contributed by atoms with van der Waals surface area (Å²) in [5.41, 5.74) is 0.346. The van der Waals surface area contributed by atoms with E-state index >= 15 is 0 Å². The van der Waals surface area contributed by atoms with Gasteiger partial charge in [0.25, 0.3) is 5.91 Å². The lowest BCUT2D eigenvalue weighted by molar-refractivity contribution is -0.134. The van der Waals surface area contributed by atoms with E-state index in [1.165, 1.54) is 17.9 Å². The van der Waals surface area contributed by atoms with Crippen molar-refractivity contribution in [2.75, 3.05) is 23.5 Å². The number of nitrogens with one attached hydrogen (secondary N) is 1. The fourth-order valence-corrected chi connectivity index (χ4v) is 3.54. The number of amides is 1. The number of carbonyl (C=O) groups excluding carboxylic acids is 1. The lowest BCUT2D eigenvalue weighted by Crippen LogP contribution is -2.35. The first kappa shape index (κ1) is 22.0. The van der Waals surface area contributed by atoms with Crippen molar-refractivity contribution in [1.82, 2.24) is 14.8 Å². The maximum Gasteiger partial charge on any atom is 0.389 e. The zero-order valence-corrected chi connectivity index (χ0v) is 16.3. The molecule has 0 aliphatic carbocycles. The highest BCUT2D eigenvalue weighted by Crippen LogP contribution is 2.25. The minimum atomic E-state index is -4.32. The van der Waals surface area contributed by atoms with E-state index < -0.39 is 40.8 Å². The van der Waals surface area contributed by atoms with Gasteiger partial charge in [0, 0.05) is 36.2 Å². The molecule has 152 valence electrons. The lowest BCUT2D eigenvalue weighted by Gasteiger charge is -2.16. The van der Waals surface area contributed by atoms with E-state index in [9.17, 15) is 22.2 Å². The van der Waals surface area contributed by atoms with E-state index in [0.717, 1.165) is 4.90 Å². The Balaban J connectivity index is 1.99. The summed E-state index contributed by atoms with van der Waals surface area (Å²) >= 11 is 6.07. The van der Waals surface area contributed by atoms with E-state index in [-0.39, 0.29) is 23.0 Å². The van der Waals surface area contributed by atoms with Crippen LogP contribution in [0.1, 0.15) is 12.8 Å². The molecule has 1 N–H and O–H groups in total. The van der Waals surface area contributed by atoms with Crippen LogP contribution in [0.15, 0.2) is 30.7 Å². The third-order valence-corrected chi connectivity index (χ3v) is 5.25. The van der Waals surface area contributed by atoms with Crippen LogP contribution in [0, 0.1) is 5.41 Å². The zero-order valence-electron chi connectivity index (χ0n) is 14.7. The molecule has 2 aromatic heterocycles. The Hall–Kier alpha value is -2.27. The van der Waals surface area contributed by atoms with Crippen molar-refractivity contribution >= 4 is 39.7 Å². The Morgan fingerprint density at radius 1 is 1.43 bits per heavy atom. The Kier molecular flexibility index (Phi) is 7.30. The number of aromatic nitrogens is 3. The van der Waals surface area contributed by atoms with Crippen molar-refractivity contribution < 1.29 is 22.2 Å². The fraction of sp³-hybridized carbons (Fsp3) is 0.375. The van der Waals surface area contributed by atoms with Gasteiger partial charge in [-0.1, -0.05) is 11.6 Å². The summed E-state index contributed by atoms with van der Waals surface area (Å²) in [6.45, 7) is 0. The topological polar surface area (TPSA) is 91.9 Å². The first-order chi connectivity index (χ1) is 13.1. The SMILES string of the molecule is CN(C(=O)C(=N)CS(=O)CCCC(F)(F)F)c1cn(-c2cccnc2)nc1Cl. The van der Waals surface area contributed by atoms with Crippen LogP contribution in [0.4, 0.5) is 18.9 Å². The van der Waals surface area contributed by atoms with E-state index in [2.05, 4.69) is 10.1 Å². The van der Waals surface area contributed by atoms with Crippen LogP contribution in [0.25, 0.3) is 5.69 Å². The van der Waals surface area contributed by atoms with Gasteiger partial charge in [-0.3, -0.25) is 19.4 Å². The third-order valence-electron chi connectivity index (χ3n) is 3.62. The van der Waals surface area contributed by atoms with Gasteiger partial charge in [-0.25, -0.2) is 4.68 Å². The molecular formula is C16H17ClF3N5O2S. The van der Waals surface area contributed by atoms with Crippen molar-refractivity contribution in [1.29, 1.82) is 5.41 Å². The number of alkyl halides is 3. The Labute approximate surface area is 166 Å². The Morgan fingerprint density at radius 3 is 2.75 bits per heavy atom. The first-order valence-corrected chi connectivity index (χ1v) is 9.88. The highest BCUT2D eigenvalue weighted by Gasteiger charge is 2.27. The minimum absolute atomic E-state index is 0.0128. The predicted molar refractivity (Wildman–Crippen MR) is 101 cm³/mol. The number of carbonyl (C=O) groups is 1. The maximum atomic E-state index is 12.4. The number of hydrogen-bond acceptors (Lipinski definition) is 5. The number of anilines is 1. The summed E-state index contributed by atoms with van der Waals surface area (Å²) in [6.07, 6.45) is -1.09. The van der Waals surface area contributed by atoms with E-state index in [0.29, 0.717) is 5.69 Å². The van der Waals surface area contributed by atoms with Crippen LogP contribution in [0.2, 0.25) is 5.15 Å². The van der Waals surface area contributed by atoms with Crippen molar-refractivity contribution in [2.24, 2.45) is 0 Å². The van der Waals surface area contributed by atoms with Crippen LogP contribution in [-0.2, 0) is 15.6 Å². The fourth-order valence-electron chi connectivity index (χ4n) is 2.23. The molecule has 0 aromatic carbocycles. The summed E-state index contributed by atoms with van der Waals surface area (Å²) < 4.78 is 49.6. The molecule has 2 aromatic rings. The van der Waals surface area contributed by atoms with Crippen molar-refractivity contribution in [2.45, 2.75) is 19.0 Å². The van der Waals surface area contributed by atoms with E-state index in [1.54, 1.807) is 24.5 Å². The molecule has 0 saturated heterocycles. The predicted octanol–water partition coefficient (Wildman–Crippen LogP) is 2.99. The van der Waals surface area contributed by atoms with Crippen LogP contribution in [0.3, 0.4) is 0 Å². The second kappa shape index (κ2) is 9.28. The number of pyridine rings is 1. The van der Waals surface area contributed by atoms with Crippen LogP contribution in [0.5, 0.6) is 0 Å². The summed E-state index contributed by atoms with van der Waals surface area (Å²) in [7, 11) is -0.367. The molecule has 0 aliphatic rings. The molecule has 0 fully saturated rings. The molecule has 12 heteroatoms. The molecule has 0 aliphatic heterocycles. The molecule has 0 radical (unpaired) electrons. The number of rotatable bonds is 8. The smallest absolute Gasteiger partial charge is 0.306 e. The molecule has 0 saturated carbocycles. The van der Waals surface area contributed by atoms with Crippen molar-refractivity contribution in [3.05, 3.63) is 35.9 Å². The van der Waals surface area contributed by atoms with E-state index in [1.807, 2.05) is 0 Å². The molecule has 2 heterocycles. The average Bonchev–Trinajstić information content (AvgIpc) is 3.01. The summed E-state index contributed by atoms with van der Waals surface area (Å²) in [4.78, 5) is 17.4. The van der Waals surface area contributed by atoms with E-state index in [4.69, 9.17) is 17.0 Å². The largest absolute Gasteiger partial charge is 0.389 e.